The molecule has 1 heterocycles. The Morgan fingerprint density at radius 1 is 1.47 bits per heavy atom. The molecule has 4 heteroatoms. The molecule has 0 radical (unpaired) electrons. The molecule has 0 saturated carbocycles. The fourth-order valence-corrected chi connectivity index (χ4v) is 1.69. The summed E-state index contributed by atoms with van der Waals surface area (Å²) in [6, 6.07) is -0.0344. The summed E-state index contributed by atoms with van der Waals surface area (Å²) in [5.74, 6) is 0.289. The molecular formula is C13H23NO3. The maximum Gasteiger partial charge on any atom is 0.407 e. The minimum atomic E-state index is -0.478. The van der Waals surface area contributed by atoms with E-state index in [9.17, 15) is 4.79 Å². The van der Waals surface area contributed by atoms with Crippen LogP contribution in [0.5, 0.6) is 0 Å². The number of epoxide rings is 1. The van der Waals surface area contributed by atoms with Gasteiger partial charge in [-0.3, -0.25) is 0 Å². The molecule has 0 unspecified atom stereocenters. The Kier molecular flexibility index (Phi) is 4.20. The first-order chi connectivity index (χ1) is 7.74. The van der Waals surface area contributed by atoms with Gasteiger partial charge in [-0.05, 0) is 26.7 Å². The topological polar surface area (TPSA) is 50.9 Å². The second-order valence-corrected chi connectivity index (χ2v) is 5.72. The van der Waals surface area contributed by atoms with Crippen LogP contribution in [0, 0.1) is 5.92 Å². The van der Waals surface area contributed by atoms with Crippen molar-refractivity contribution in [3.05, 3.63) is 12.7 Å². The SMILES string of the molecule is C=C[C@H]1O[C@H]1[C@@H](NC(=O)OC(C)(C)C)C(C)C. The third kappa shape index (κ3) is 4.38. The number of alkyl carbamates (subject to hydrolysis) is 1. The minimum Gasteiger partial charge on any atom is -0.444 e. The van der Waals surface area contributed by atoms with E-state index in [0.29, 0.717) is 0 Å². The van der Waals surface area contributed by atoms with E-state index in [1.165, 1.54) is 0 Å². The standard InChI is InChI=1S/C13H23NO3/c1-7-9-11(16-9)10(8(2)3)14-12(15)17-13(4,5)6/h7-11H,1H2,2-6H3,(H,14,15)/t9-,10+,11-/m1/s1. The van der Waals surface area contributed by atoms with Gasteiger partial charge in [-0.1, -0.05) is 19.9 Å². The van der Waals surface area contributed by atoms with E-state index in [4.69, 9.17) is 9.47 Å². The molecule has 0 spiro atoms. The molecule has 0 aromatic carbocycles. The van der Waals surface area contributed by atoms with E-state index in [1.807, 2.05) is 34.6 Å². The molecule has 1 amide bonds. The first-order valence-electron chi connectivity index (χ1n) is 6.02. The molecule has 1 rings (SSSR count). The Morgan fingerprint density at radius 3 is 2.41 bits per heavy atom. The van der Waals surface area contributed by atoms with Gasteiger partial charge in [-0.2, -0.15) is 0 Å². The summed E-state index contributed by atoms with van der Waals surface area (Å²) >= 11 is 0. The Labute approximate surface area is 103 Å². The molecule has 0 aromatic rings. The van der Waals surface area contributed by atoms with Gasteiger partial charge in [0.05, 0.1) is 6.04 Å². The largest absolute Gasteiger partial charge is 0.444 e. The van der Waals surface area contributed by atoms with Crippen molar-refractivity contribution in [3.63, 3.8) is 0 Å². The molecule has 98 valence electrons. The van der Waals surface area contributed by atoms with Gasteiger partial charge in [0.2, 0.25) is 0 Å². The number of amides is 1. The number of carbonyl (C=O) groups excluding carboxylic acids is 1. The Morgan fingerprint density at radius 2 is 2.06 bits per heavy atom. The lowest BCUT2D eigenvalue weighted by Crippen LogP contribution is -2.45. The smallest absolute Gasteiger partial charge is 0.407 e. The molecule has 1 aliphatic heterocycles. The monoisotopic (exact) mass is 241 g/mol. The van der Waals surface area contributed by atoms with Crippen molar-refractivity contribution in [1.82, 2.24) is 5.32 Å². The van der Waals surface area contributed by atoms with E-state index in [0.717, 1.165) is 0 Å². The third-order valence-electron chi connectivity index (χ3n) is 2.55. The average molecular weight is 241 g/mol. The normalized spacial score (nSPS) is 25.3. The van der Waals surface area contributed by atoms with E-state index >= 15 is 0 Å². The minimum absolute atomic E-state index is 0.0278. The summed E-state index contributed by atoms with van der Waals surface area (Å²) in [6.45, 7) is 13.3. The van der Waals surface area contributed by atoms with Crippen LogP contribution < -0.4 is 5.32 Å². The zero-order chi connectivity index (χ0) is 13.2. The van der Waals surface area contributed by atoms with Crippen LogP contribution in [0.4, 0.5) is 4.79 Å². The van der Waals surface area contributed by atoms with Crippen LogP contribution in [0.2, 0.25) is 0 Å². The second kappa shape index (κ2) is 5.08. The van der Waals surface area contributed by atoms with Crippen molar-refractivity contribution in [2.45, 2.75) is 58.5 Å². The van der Waals surface area contributed by atoms with E-state index in [2.05, 4.69) is 11.9 Å². The number of nitrogens with one attached hydrogen (secondary N) is 1. The van der Waals surface area contributed by atoms with Crippen molar-refractivity contribution in [1.29, 1.82) is 0 Å². The zero-order valence-electron chi connectivity index (χ0n) is 11.3. The van der Waals surface area contributed by atoms with Gasteiger partial charge in [0.15, 0.2) is 0 Å². The molecule has 4 nitrogen and oxygen atoms in total. The molecule has 1 N–H and O–H groups in total. The molecule has 3 atom stereocenters. The molecule has 0 bridgehead atoms. The fraction of sp³-hybridized carbons (Fsp3) is 0.769. The quantitative estimate of drug-likeness (QED) is 0.607. The van der Waals surface area contributed by atoms with Crippen LogP contribution in [-0.2, 0) is 9.47 Å². The third-order valence-corrected chi connectivity index (χ3v) is 2.55. The summed E-state index contributed by atoms with van der Waals surface area (Å²) in [5.41, 5.74) is -0.478. The van der Waals surface area contributed by atoms with Gasteiger partial charge in [-0.25, -0.2) is 4.79 Å². The maximum atomic E-state index is 11.7. The lowest BCUT2D eigenvalue weighted by atomic mass is 9.99. The lowest BCUT2D eigenvalue weighted by molar-refractivity contribution is 0.0478. The molecule has 17 heavy (non-hydrogen) atoms. The van der Waals surface area contributed by atoms with Crippen molar-refractivity contribution in [2.75, 3.05) is 0 Å². The van der Waals surface area contributed by atoms with E-state index < -0.39 is 11.7 Å². The van der Waals surface area contributed by atoms with Crippen LogP contribution in [0.15, 0.2) is 12.7 Å². The van der Waals surface area contributed by atoms with Gasteiger partial charge in [-0.15, -0.1) is 6.58 Å². The van der Waals surface area contributed by atoms with Gasteiger partial charge in [0, 0.05) is 0 Å². The zero-order valence-corrected chi connectivity index (χ0v) is 11.3. The number of ether oxygens (including phenoxy) is 2. The summed E-state index contributed by atoms with van der Waals surface area (Å²) < 4.78 is 10.7. The summed E-state index contributed by atoms with van der Waals surface area (Å²) in [5, 5.41) is 2.87. The van der Waals surface area contributed by atoms with Gasteiger partial charge in [0.25, 0.3) is 0 Å². The highest BCUT2D eigenvalue weighted by Crippen LogP contribution is 2.29. The molecule has 0 aliphatic carbocycles. The van der Waals surface area contributed by atoms with Crippen LogP contribution >= 0.6 is 0 Å². The predicted molar refractivity (Wildman–Crippen MR) is 66.9 cm³/mol. The van der Waals surface area contributed by atoms with Gasteiger partial charge >= 0.3 is 6.09 Å². The molecule has 0 aromatic heterocycles. The van der Waals surface area contributed by atoms with Crippen LogP contribution in [0.1, 0.15) is 34.6 Å². The fourth-order valence-electron chi connectivity index (χ4n) is 1.69. The first kappa shape index (κ1) is 14.0. The van der Waals surface area contributed by atoms with Crippen molar-refractivity contribution in [3.8, 4) is 0 Å². The van der Waals surface area contributed by atoms with E-state index in [1.54, 1.807) is 6.08 Å². The lowest BCUT2D eigenvalue weighted by Gasteiger charge is -2.24. The Hall–Kier alpha value is -1.03. The summed E-state index contributed by atoms with van der Waals surface area (Å²) in [7, 11) is 0. The second-order valence-electron chi connectivity index (χ2n) is 5.72. The number of hydrogen-bond acceptors (Lipinski definition) is 3. The highest BCUT2D eigenvalue weighted by molar-refractivity contribution is 5.68. The van der Waals surface area contributed by atoms with Gasteiger partial charge in [0.1, 0.15) is 17.8 Å². The van der Waals surface area contributed by atoms with Crippen LogP contribution in [-0.4, -0.2) is 29.9 Å². The highest BCUT2D eigenvalue weighted by atomic mass is 16.6. The average Bonchev–Trinajstić information content (AvgIpc) is 2.89. The Balaban J connectivity index is 2.51. The number of rotatable bonds is 4. The van der Waals surface area contributed by atoms with Crippen LogP contribution in [0.3, 0.4) is 0 Å². The molecule has 1 aliphatic rings. The Bertz CT molecular complexity index is 294. The van der Waals surface area contributed by atoms with E-state index in [-0.39, 0.29) is 24.2 Å². The summed E-state index contributed by atoms with van der Waals surface area (Å²) in [4.78, 5) is 11.7. The maximum absolute atomic E-state index is 11.7. The number of hydrogen-bond donors (Lipinski definition) is 1. The van der Waals surface area contributed by atoms with Crippen molar-refractivity contribution in [2.24, 2.45) is 5.92 Å². The van der Waals surface area contributed by atoms with Crippen molar-refractivity contribution >= 4 is 6.09 Å². The number of carbonyl (C=O) groups is 1. The molecular weight excluding hydrogens is 218 g/mol. The van der Waals surface area contributed by atoms with Crippen molar-refractivity contribution < 1.29 is 14.3 Å². The summed E-state index contributed by atoms with van der Waals surface area (Å²) in [6.07, 6.45) is 1.45. The van der Waals surface area contributed by atoms with Gasteiger partial charge < -0.3 is 14.8 Å². The van der Waals surface area contributed by atoms with Crippen LogP contribution in [0.25, 0.3) is 0 Å². The molecule has 1 fully saturated rings. The highest BCUT2D eigenvalue weighted by Gasteiger charge is 2.45. The molecule has 1 saturated heterocycles. The predicted octanol–water partition coefficient (Wildman–Crippen LogP) is 2.49. The first-order valence-corrected chi connectivity index (χ1v) is 6.02.